The summed E-state index contributed by atoms with van der Waals surface area (Å²) in [6.45, 7) is 1.92. The molecule has 11 heavy (non-hydrogen) atoms. The fourth-order valence-electron chi connectivity index (χ4n) is 0.849. The third kappa shape index (κ3) is 2.62. The van der Waals surface area contributed by atoms with Gasteiger partial charge in [0, 0.05) is 15.8 Å². The largest absolute Gasteiger partial charge is 0.149 e. The Labute approximate surface area is 69.3 Å². The molecule has 0 saturated heterocycles. The molecule has 1 aromatic heterocycles. The number of thiophene rings is 1. The topological polar surface area (TPSA) is 48.8 Å². The molecule has 0 aromatic carbocycles. The zero-order chi connectivity index (χ0) is 8.10. The summed E-state index contributed by atoms with van der Waals surface area (Å²) in [5.74, 6) is 0. The van der Waals surface area contributed by atoms with Gasteiger partial charge >= 0.3 is 0 Å². The molecule has 0 aliphatic rings. The van der Waals surface area contributed by atoms with Gasteiger partial charge < -0.3 is 0 Å². The third-order valence-corrected chi connectivity index (χ3v) is 2.22. The molecule has 0 saturated carbocycles. The van der Waals surface area contributed by atoms with Gasteiger partial charge in [-0.05, 0) is 23.4 Å². The summed E-state index contributed by atoms with van der Waals surface area (Å²) >= 11 is 1.69. The van der Waals surface area contributed by atoms with Crippen molar-refractivity contribution in [1.29, 1.82) is 0 Å². The lowest BCUT2D eigenvalue weighted by molar-refractivity contribution is 0.739. The first kappa shape index (κ1) is 8.11. The molecule has 0 amide bonds. The van der Waals surface area contributed by atoms with Crippen LogP contribution in [0.4, 0.5) is 0 Å². The van der Waals surface area contributed by atoms with E-state index >= 15 is 0 Å². The molecule has 1 heterocycles. The van der Waals surface area contributed by atoms with Gasteiger partial charge in [-0.2, -0.15) is 0 Å². The van der Waals surface area contributed by atoms with Crippen molar-refractivity contribution in [2.75, 3.05) is 0 Å². The zero-order valence-electron chi connectivity index (χ0n) is 6.27. The molecule has 0 aliphatic heterocycles. The highest BCUT2D eigenvalue weighted by molar-refractivity contribution is 7.09. The van der Waals surface area contributed by atoms with Crippen molar-refractivity contribution in [1.82, 2.24) is 0 Å². The molecular formula is C7H9N3S. The quantitative estimate of drug-likeness (QED) is 0.377. The maximum Gasteiger partial charge on any atom is 0.0394 e. The Morgan fingerprint density at radius 3 is 3.18 bits per heavy atom. The highest BCUT2D eigenvalue weighted by Crippen LogP contribution is 2.12. The van der Waals surface area contributed by atoms with E-state index in [-0.39, 0.29) is 6.04 Å². The predicted octanol–water partition coefficient (Wildman–Crippen LogP) is 2.99. The molecule has 0 fully saturated rings. The Hall–Kier alpha value is -0.990. The van der Waals surface area contributed by atoms with Gasteiger partial charge in [-0.15, -0.1) is 11.3 Å². The van der Waals surface area contributed by atoms with Crippen molar-refractivity contribution in [2.45, 2.75) is 19.4 Å². The van der Waals surface area contributed by atoms with Crippen molar-refractivity contribution < 1.29 is 0 Å². The summed E-state index contributed by atoms with van der Waals surface area (Å²) in [5.41, 5.74) is 8.13. The Balaban J connectivity index is 2.49. The fourth-order valence-corrected chi connectivity index (χ4v) is 1.68. The van der Waals surface area contributed by atoms with Gasteiger partial charge in [0.15, 0.2) is 0 Å². The standard InChI is InChI=1S/C7H9N3S/c1-6(9-10-8)5-7-3-2-4-11-7/h2-4,6H,5H2,1H3/t6-/m1/s1. The van der Waals surface area contributed by atoms with Gasteiger partial charge in [0.05, 0.1) is 0 Å². The lowest BCUT2D eigenvalue weighted by Crippen LogP contribution is -1.98. The lowest BCUT2D eigenvalue weighted by Gasteiger charge is -1.99. The van der Waals surface area contributed by atoms with Crippen LogP contribution in [0.15, 0.2) is 22.6 Å². The van der Waals surface area contributed by atoms with E-state index in [0.717, 1.165) is 6.42 Å². The molecule has 0 unspecified atom stereocenters. The lowest BCUT2D eigenvalue weighted by atomic mass is 10.2. The molecule has 0 N–H and O–H groups in total. The van der Waals surface area contributed by atoms with Crippen molar-refractivity contribution in [3.05, 3.63) is 32.8 Å². The molecule has 0 aliphatic carbocycles. The van der Waals surface area contributed by atoms with E-state index in [2.05, 4.69) is 10.0 Å². The Morgan fingerprint density at radius 1 is 1.82 bits per heavy atom. The Morgan fingerprint density at radius 2 is 2.64 bits per heavy atom. The molecule has 0 spiro atoms. The van der Waals surface area contributed by atoms with E-state index < -0.39 is 0 Å². The van der Waals surface area contributed by atoms with Crippen molar-refractivity contribution >= 4 is 11.3 Å². The zero-order valence-corrected chi connectivity index (χ0v) is 7.08. The highest BCUT2D eigenvalue weighted by atomic mass is 32.1. The molecule has 0 radical (unpaired) electrons. The first-order valence-corrected chi connectivity index (χ1v) is 4.27. The van der Waals surface area contributed by atoms with Gasteiger partial charge in [-0.3, -0.25) is 0 Å². The molecular weight excluding hydrogens is 158 g/mol. The van der Waals surface area contributed by atoms with Crippen LogP contribution in [0.25, 0.3) is 10.4 Å². The van der Waals surface area contributed by atoms with Crippen LogP contribution in [0.3, 0.4) is 0 Å². The second-order valence-corrected chi connectivity index (χ2v) is 3.37. The third-order valence-electron chi connectivity index (χ3n) is 1.33. The van der Waals surface area contributed by atoms with E-state index in [9.17, 15) is 0 Å². The average Bonchev–Trinajstić information content (AvgIpc) is 2.40. The van der Waals surface area contributed by atoms with Gasteiger partial charge in [0.1, 0.15) is 0 Å². The van der Waals surface area contributed by atoms with Crippen molar-refractivity contribution in [2.24, 2.45) is 5.11 Å². The van der Waals surface area contributed by atoms with E-state index in [1.54, 1.807) is 11.3 Å². The van der Waals surface area contributed by atoms with Crippen molar-refractivity contribution in [3.63, 3.8) is 0 Å². The first-order chi connectivity index (χ1) is 5.33. The van der Waals surface area contributed by atoms with Gasteiger partial charge in [0.25, 0.3) is 0 Å². The summed E-state index contributed by atoms with van der Waals surface area (Å²) in [5, 5.41) is 5.61. The Bertz CT molecular complexity index is 249. The molecule has 1 rings (SSSR count). The normalized spacial score (nSPS) is 12.1. The van der Waals surface area contributed by atoms with Crippen LogP contribution in [0.5, 0.6) is 0 Å². The fraction of sp³-hybridized carbons (Fsp3) is 0.429. The van der Waals surface area contributed by atoms with Gasteiger partial charge in [-0.1, -0.05) is 18.1 Å². The van der Waals surface area contributed by atoms with Crippen LogP contribution in [0.2, 0.25) is 0 Å². The minimum absolute atomic E-state index is 0.0682. The molecule has 1 atom stereocenters. The van der Waals surface area contributed by atoms with E-state index in [0.29, 0.717) is 0 Å². The average molecular weight is 167 g/mol. The SMILES string of the molecule is C[C@H](Cc1cccs1)N=[N+]=[N-]. The van der Waals surface area contributed by atoms with Crippen LogP contribution in [0.1, 0.15) is 11.8 Å². The molecule has 4 heteroatoms. The summed E-state index contributed by atoms with van der Waals surface area (Å²) in [6.07, 6.45) is 0.849. The van der Waals surface area contributed by atoms with Crippen LogP contribution in [-0.2, 0) is 6.42 Å². The second kappa shape index (κ2) is 4.01. The molecule has 1 aromatic rings. The Kier molecular flexibility index (Phi) is 2.95. The molecule has 0 bridgehead atoms. The maximum absolute atomic E-state index is 8.13. The summed E-state index contributed by atoms with van der Waals surface area (Å²) in [7, 11) is 0. The highest BCUT2D eigenvalue weighted by Gasteiger charge is 2.00. The molecule has 58 valence electrons. The van der Waals surface area contributed by atoms with E-state index in [4.69, 9.17) is 5.53 Å². The van der Waals surface area contributed by atoms with Crippen LogP contribution in [-0.4, -0.2) is 6.04 Å². The van der Waals surface area contributed by atoms with Gasteiger partial charge in [0.2, 0.25) is 0 Å². The number of azide groups is 1. The summed E-state index contributed by atoms with van der Waals surface area (Å²) in [6, 6.07) is 4.12. The molecule has 3 nitrogen and oxygen atoms in total. The number of hydrogen-bond acceptors (Lipinski definition) is 2. The van der Waals surface area contributed by atoms with Crippen LogP contribution in [0, 0.1) is 0 Å². The summed E-state index contributed by atoms with van der Waals surface area (Å²) < 4.78 is 0. The van der Waals surface area contributed by atoms with Crippen LogP contribution < -0.4 is 0 Å². The first-order valence-electron chi connectivity index (χ1n) is 3.39. The van der Waals surface area contributed by atoms with Gasteiger partial charge in [-0.25, -0.2) is 0 Å². The van der Waals surface area contributed by atoms with E-state index in [1.807, 2.05) is 24.4 Å². The maximum atomic E-state index is 8.13. The number of nitrogens with zero attached hydrogens (tertiary/aromatic N) is 3. The monoisotopic (exact) mass is 167 g/mol. The summed E-state index contributed by atoms with van der Waals surface area (Å²) in [4.78, 5) is 4.01. The minimum atomic E-state index is 0.0682. The number of rotatable bonds is 3. The number of hydrogen-bond donors (Lipinski definition) is 0. The predicted molar refractivity (Wildman–Crippen MR) is 46.6 cm³/mol. The minimum Gasteiger partial charge on any atom is -0.149 e. The second-order valence-electron chi connectivity index (χ2n) is 2.34. The smallest absolute Gasteiger partial charge is 0.0394 e. The van der Waals surface area contributed by atoms with Crippen molar-refractivity contribution in [3.8, 4) is 0 Å². The van der Waals surface area contributed by atoms with Crippen LogP contribution >= 0.6 is 11.3 Å². The van der Waals surface area contributed by atoms with E-state index in [1.165, 1.54) is 4.88 Å².